The van der Waals surface area contributed by atoms with Crippen molar-refractivity contribution in [2.75, 3.05) is 7.11 Å². The van der Waals surface area contributed by atoms with E-state index in [1.165, 1.54) is 6.07 Å². The summed E-state index contributed by atoms with van der Waals surface area (Å²) in [5.74, 6) is -0.931. The smallest absolute Gasteiger partial charge is 0.421 e. The minimum Gasteiger partial charge on any atom is -0.481 e. The highest BCUT2D eigenvalue weighted by atomic mass is 19.4. The van der Waals surface area contributed by atoms with E-state index in [-0.39, 0.29) is 0 Å². The zero-order chi connectivity index (χ0) is 13.9. The molecule has 8 heteroatoms. The number of rotatable bonds is 3. The standard InChI is InChI=1S/C10H7F5N2O/c1-18-9-6(10(13,14)15)4-5(2-3-16)7(17-9)8(11)12/h4,8H,2H2,1H3. The quantitative estimate of drug-likeness (QED) is 0.789. The van der Waals surface area contributed by atoms with Crippen LogP contribution in [0.15, 0.2) is 6.07 Å². The molecule has 1 heterocycles. The van der Waals surface area contributed by atoms with Gasteiger partial charge in [-0.25, -0.2) is 13.8 Å². The van der Waals surface area contributed by atoms with Crippen molar-refractivity contribution in [3.8, 4) is 11.9 Å². The molecule has 98 valence electrons. The largest absolute Gasteiger partial charge is 0.481 e. The molecule has 1 rings (SSSR count). The highest BCUT2D eigenvalue weighted by Crippen LogP contribution is 2.37. The molecule has 0 saturated heterocycles. The second-order valence-electron chi connectivity index (χ2n) is 3.22. The van der Waals surface area contributed by atoms with Crippen LogP contribution in [0.1, 0.15) is 23.2 Å². The van der Waals surface area contributed by atoms with Crippen molar-refractivity contribution in [2.24, 2.45) is 0 Å². The summed E-state index contributed by atoms with van der Waals surface area (Å²) in [5, 5.41) is 8.41. The molecule has 0 radical (unpaired) electrons. The monoisotopic (exact) mass is 266 g/mol. The minimum atomic E-state index is -4.79. The maximum Gasteiger partial charge on any atom is 0.421 e. The number of halogens is 5. The molecule has 3 nitrogen and oxygen atoms in total. The molecule has 1 aromatic heterocycles. The van der Waals surface area contributed by atoms with Gasteiger partial charge in [-0.3, -0.25) is 0 Å². The third-order valence-electron chi connectivity index (χ3n) is 2.07. The number of aromatic nitrogens is 1. The molecule has 0 aromatic carbocycles. The van der Waals surface area contributed by atoms with E-state index in [2.05, 4.69) is 9.72 Å². The summed E-state index contributed by atoms with van der Waals surface area (Å²) in [6, 6.07) is 1.98. The predicted octanol–water partition coefficient (Wildman–Crippen LogP) is 3.11. The number of ether oxygens (including phenoxy) is 1. The van der Waals surface area contributed by atoms with Crippen LogP contribution in [0.4, 0.5) is 22.0 Å². The Balaban J connectivity index is 3.47. The first-order valence-corrected chi connectivity index (χ1v) is 4.61. The molecule has 0 spiro atoms. The van der Waals surface area contributed by atoms with Crippen LogP contribution < -0.4 is 4.74 Å². The van der Waals surface area contributed by atoms with Gasteiger partial charge in [0, 0.05) is 0 Å². The molecule has 0 atom stereocenters. The zero-order valence-electron chi connectivity index (χ0n) is 9.05. The predicted molar refractivity (Wildman–Crippen MR) is 50.1 cm³/mol. The molecule has 1 aromatic rings. The van der Waals surface area contributed by atoms with Gasteiger partial charge < -0.3 is 4.74 Å². The molecule has 0 fully saturated rings. The normalized spacial score (nSPS) is 11.4. The van der Waals surface area contributed by atoms with Gasteiger partial charge in [-0.15, -0.1) is 0 Å². The average Bonchev–Trinajstić information content (AvgIpc) is 2.27. The van der Waals surface area contributed by atoms with Crippen LogP contribution in [0.2, 0.25) is 0 Å². The maximum atomic E-state index is 12.6. The van der Waals surface area contributed by atoms with E-state index in [0.29, 0.717) is 6.07 Å². The van der Waals surface area contributed by atoms with Gasteiger partial charge in [-0.2, -0.15) is 18.4 Å². The highest BCUT2D eigenvalue weighted by molar-refractivity contribution is 5.38. The lowest BCUT2D eigenvalue weighted by Crippen LogP contribution is -2.12. The van der Waals surface area contributed by atoms with Crippen LogP contribution in [0, 0.1) is 11.3 Å². The lowest BCUT2D eigenvalue weighted by atomic mass is 10.1. The molecule has 0 aliphatic carbocycles. The molecule has 0 aliphatic heterocycles. The number of hydrogen-bond acceptors (Lipinski definition) is 3. The highest BCUT2D eigenvalue weighted by Gasteiger charge is 2.37. The van der Waals surface area contributed by atoms with Gasteiger partial charge in [0.05, 0.1) is 19.6 Å². The molecule has 0 amide bonds. The number of nitrogens with zero attached hydrogens (tertiary/aromatic N) is 2. The number of hydrogen-bond donors (Lipinski definition) is 0. The first-order valence-electron chi connectivity index (χ1n) is 4.61. The van der Waals surface area contributed by atoms with Crippen molar-refractivity contribution in [1.29, 1.82) is 5.26 Å². The van der Waals surface area contributed by atoms with Gasteiger partial charge in [0.25, 0.3) is 6.43 Å². The lowest BCUT2D eigenvalue weighted by molar-refractivity contribution is -0.139. The summed E-state index contributed by atoms with van der Waals surface area (Å²) in [5.41, 5.74) is -2.61. The van der Waals surface area contributed by atoms with Crippen LogP contribution in [0.25, 0.3) is 0 Å². The Labute approximate surface area is 98.8 Å². The van der Waals surface area contributed by atoms with Gasteiger partial charge in [-0.1, -0.05) is 0 Å². The summed E-state index contributed by atoms with van der Waals surface area (Å²) < 4.78 is 67.3. The molecule has 0 saturated carbocycles. The fraction of sp³-hybridized carbons (Fsp3) is 0.400. The molecular weight excluding hydrogens is 259 g/mol. The Morgan fingerprint density at radius 3 is 2.44 bits per heavy atom. The molecule has 0 N–H and O–H groups in total. The van der Waals surface area contributed by atoms with Crippen LogP contribution >= 0.6 is 0 Å². The third-order valence-corrected chi connectivity index (χ3v) is 2.07. The first kappa shape index (κ1) is 14.2. The van der Waals surface area contributed by atoms with Crippen molar-refractivity contribution in [2.45, 2.75) is 19.0 Å². The zero-order valence-corrected chi connectivity index (χ0v) is 9.05. The van der Waals surface area contributed by atoms with Crippen molar-refractivity contribution >= 4 is 0 Å². The second-order valence-corrected chi connectivity index (χ2v) is 3.22. The third kappa shape index (κ3) is 2.85. The van der Waals surface area contributed by atoms with E-state index in [0.717, 1.165) is 7.11 Å². The summed E-state index contributed by atoms with van der Waals surface area (Å²) in [6.07, 6.45) is -8.45. The first-order chi connectivity index (χ1) is 8.31. The van der Waals surface area contributed by atoms with Crippen molar-refractivity contribution in [1.82, 2.24) is 4.98 Å². The van der Waals surface area contributed by atoms with Crippen LogP contribution in [-0.2, 0) is 12.6 Å². The molecule has 0 bridgehead atoms. The maximum absolute atomic E-state index is 12.6. The van der Waals surface area contributed by atoms with Crippen molar-refractivity contribution < 1.29 is 26.7 Å². The van der Waals surface area contributed by atoms with Gasteiger partial charge in [-0.05, 0) is 11.6 Å². The molecular formula is C10H7F5N2O. The van der Waals surface area contributed by atoms with Crippen molar-refractivity contribution in [3.05, 3.63) is 22.9 Å². The van der Waals surface area contributed by atoms with E-state index >= 15 is 0 Å². The number of nitriles is 1. The molecule has 0 unspecified atom stereocenters. The van der Waals surface area contributed by atoms with Gasteiger partial charge >= 0.3 is 6.18 Å². The Hall–Kier alpha value is -1.91. The summed E-state index contributed by atoms with van der Waals surface area (Å²) in [6.45, 7) is 0. The average molecular weight is 266 g/mol. The van der Waals surface area contributed by atoms with Crippen LogP contribution in [0.3, 0.4) is 0 Å². The van der Waals surface area contributed by atoms with E-state index in [9.17, 15) is 22.0 Å². The Morgan fingerprint density at radius 2 is 2.06 bits per heavy atom. The summed E-state index contributed by atoms with van der Waals surface area (Å²) in [7, 11) is 0.900. The Morgan fingerprint density at radius 1 is 1.44 bits per heavy atom. The van der Waals surface area contributed by atoms with E-state index in [1.54, 1.807) is 0 Å². The topological polar surface area (TPSA) is 45.9 Å². The molecule has 18 heavy (non-hydrogen) atoms. The minimum absolute atomic E-state index is 0.458. The van der Waals surface area contributed by atoms with E-state index < -0.39 is 41.7 Å². The summed E-state index contributed by atoms with van der Waals surface area (Å²) in [4.78, 5) is 3.13. The van der Waals surface area contributed by atoms with Crippen LogP contribution in [0.5, 0.6) is 5.88 Å². The number of pyridine rings is 1. The fourth-order valence-electron chi connectivity index (χ4n) is 1.33. The number of alkyl halides is 5. The Kier molecular flexibility index (Phi) is 4.06. The number of methoxy groups -OCH3 is 1. The SMILES string of the molecule is COc1nc(C(F)F)c(CC#N)cc1C(F)(F)F. The van der Waals surface area contributed by atoms with Crippen molar-refractivity contribution in [3.63, 3.8) is 0 Å². The lowest BCUT2D eigenvalue weighted by Gasteiger charge is -2.14. The summed E-state index contributed by atoms with van der Waals surface area (Å²) >= 11 is 0. The van der Waals surface area contributed by atoms with Gasteiger partial charge in [0.1, 0.15) is 11.3 Å². The van der Waals surface area contributed by atoms with Gasteiger partial charge in [0.2, 0.25) is 5.88 Å². The fourth-order valence-corrected chi connectivity index (χ4v) is 1.33. The van der Waals surface area contributed by atoms with E-state index in [4.69, 9.17) is 5.26 Å². The second kappa shape index (κ2) is 5.16. The van der Waals surface area contributed by atoms with Crippen LogP contribution in [-0.4, -0.2) is 12.1 Å². The molecule has 0 aliphatic rings. The van der Waals surface area contributed by atoms with E-state index in [1.807, 2.05) is 0 Å². The van der Waals surface area contributed by atoms with Gasteiger partial charge in [0.15, 0.2) is 0 Å². The Bertz CT molecular complexity index is 478.